The van der Waals surface area contributed by atoms with Crippen LogP contribution in [0.1, 0.15) is 20.3 Å². The number of rotatable bonds is 5. The summed E-state index contributed by atoms with van der Waals surface area (Å²) in [4.78, 5) is 10.4. The van der Waals surface area contributed by atoms with Crippen molar-refractivity contribution in [3.63, 3.8) is 0 Å². The van der Waals surface area contributed by atoms with Gasteiger partial charge in [0.25, 0.3) is 0 Å². The highest BCUT2D eigenvalue weighted by atomic mass is 32.2. The molecule has 0 spiro atoms. The van der Waals surface area contributed by atoms with Gasteiger partial charge in [-0.3, -0.25) is 0 Å². The highest BCUT2D eigenvalue weighted by molar-refractivity contribution is 7.89. The van der Waals surface area contributed by atoms with Crippen LogP contribution >= 0.6 is 0 Å². The first-order valence-electron chi connectivity index (χ1n) is 7.21. The van der Waals surface area contributed by atoms with E-state index in [-0.39, 0.29) is 10.9 Å². The van der Waals surface area contributed by atoms with Crippen LogP contribution in [0.5, 0.6) is 0 Å². The van der Waals surface area contributed by atoms with Gasteiger partial charge in [-0.1, -0.05) is 6.92 Å². The van der Waals surface area contributed by atoms with Crippen molar-refractivity contribution in [1.82, 2.24) is 19.2 Å². The minimum absolute atomic E-state index is 0.0494. The van der Waals surface area contributed by atoms with E-state index < -0.39 is 10.0 Å². The number of nitrogens with one attached hydrogen (secondary N) is 1. The van der Waals surface area contributed by atoms with Gasteiger partial charge in [0, 0.05) is 32.2 Å². The van der Waals surface area contributed by atoms with E-state index >= 15 is 0 Å². The fraction of sp³-hybridized carbons (Fsp3) is 0.692. The van der Waals surface area contributed by atoms with Gasteiger partial charge in [-0.15, -0.1) is 0 Å². The fourth-order valence-corrected chi connectivity index (χ4v) is 3.90. The summed E-state index contributed by atoms with van der Waals surface area (Å²) < 4.78 is 26.8. The lowest BCUT2D eigenvalue weighted by Gasteiger charge is -2.36. The molecule has 1 fully saturated rings. The average molecular weight is 313 g/mol. The summed E-state index contributed by atoms with van der Waals surface area (Å²) in [6.45, 7) is 6.69. The zero-order valence-electron chi connectivity index (χ0n) is 12.8. The summed E-state index contributed by atoms with van der Waals surface area (Å²) in [5, 5.41) is 3.03. The minimum atomic E-state index is -3.52. The predicted molar refractivity (Wildman–Crippen MR) is 81.7 cm³/mol. The Balaban J connectivity index is 2.15. The normalized spacial score (nSPS) is 21.4. The molecule has 1 atom stereocenters. The number of likely N-dealkylation sites (N-methyl/N-ethyl adjacent to an activating group) is 1. The first-order valence-corrected chi connectivity index (χ1v) is 8.65. The zero-order valence-corrected chi connectivity index (χ0v) is 13.6. The minimum Gasteiger partial charge on any atom is -0.354 e. The predicted octanol–water partition coefficient (Wildman–Crippen LogP) is 0.623. The van der Waals surface area contributed by atoms with E-state index in [2.05, 4.69) is 20.2 Å². The lowest BCUT2D eigenvalue weighted by molar-refractivity contribution is 0.170. The average Bonchev–Trinajstić information content (AvgIpc) is 2.45. The molecule has 1 saturated heterocycles. The van der Waals surface area contributed by atoms with Gasteiger partial charge < -0.3 is 10.2 Å². The molecular formula is C13H23N5O2S. The third-order valence-electron chi connectivity index (χ3n) is 3.54. The van der Waals surface area contributed by atoms with Crippen molar-refractivity contribution in [3.8, 4) is 0 Å². The molecule has 2 rings (SSSR count). The Morgan fingerprint density at radius 3 is 2.57 bits per heavy atom. The maximum absolute atomic E-state index is 12.6. The molecule has 21 heavy (non-hydrogen) atoms. The molecule has 1 aromatic heterocycles. The molecule has 0 radical (unpaired) electrons. The standard InChI is InChI=1S/C13H23N5O2S/c1-4-5-14-13-15-8-12(9-16-13)21(19,20)18-7-6-17(3)10-11(18)2/h8-9,11H,4-7,10H2,1-3H3,(H,14,15,16). The monoisotopic (exact) mass is 313 g/mol. The molecule has 8 heteroatoms. The van der Waals surface area contributed by atoms with Crippen molar-refractivity contribution < 1.29 is 8.42 Å². The molecule has 1 unspecified atom stereocenters. The van der Waals surface area contributed by atoms with Crippen LogP contribution in [0.15, 0.2) is 17.3 Å². The van der Waals surface area contributed by atoms with Gasteiger partial charge in [0.1, 0.15) is 4.90 Å². The van der Waals surface area contributed by atoms with Crippen LogP contribution in [-0.2, 0) is 10.0 Å². The number of piperazine rings is 1. The molecule has 1 aliphatic heterocycles. The Hall–Kier alpha value is -1.25. The van der Waals surface area contributed by atoms with Crippen LogP contribution < -0.4 is 5.32 Å². The molecule has 0 aromatic carbocycles. The molecule has 1 aromatic rings. The van der Waals surface area contributed by atoms with Gasteiger partial charge in [0.05, 0.1) is 12.4 Å². The lowest BCUT2D eigenvalue weighted by atomic mass is 10.2. The van der Waals surface area contributed by atoms with Crippen LogP contribution in [0.4, 0.5) is 5.95 Å². The molecule has 0 amide bonds. The second-order valence-corrected chi connectivity index (χ2v) is 7.29. The van der Waals surface area contributed by atoms with E-state index in [9.17, 15) is 8.42 Å². The fourth-order valence-electron chi connectivity index (χ4n) is 2.39. The Bertz CT molecular complexity index is 560. The second-order valence-electron chi connectivity index (χ2n) is 5.40. The van der Waals surface area contributed by atoms with E-state index in [0.29, 0.717) is 12.5 Å². The SMILES string of the molecule is CCCNc1ncc(S(=O)(=O)N2CCN(C)CC2C)cn1. The molecule has 118 valence electrons. The summed E-state index contributed by atoms with van der Waals surface area (Å²) in [6.07, 6.45) is 3.72. The van der Waals surface area contributed by atoms with Crippen molar-refractivity contribution >= 4 is 16.0 Å². The number of nitrogens with zero attached hydrogens (tertiary/aromatic N) is 4. The van der Waals surface area contributed by atoms with E-state index in [1.165, 1.54) is 16.7 Å². The molecule has 0 bridgehead atoms. The quantitative estimate of drug-likeness (QED) is 0.859. The van der Waals surface area contributed by atoms with E-state index in [4.69, 9.17) is 0 Å². The number of hydrogen-bond acceptors (Lipinski definition) is 6. The van der Waals surface area contributed by atoms with Crippen LogP contribution in [0.3, 0.4) is 0 Å². The Morgan fingerprint density at radius 2 is 2.00 bits per heavy atom. The van der Waals surface area contributed by atoms with Crippen LogP contribution in [-0.4, -0.2) is 66.9 Å². The van der Waals surface area contributed by atoms with Crippen molar-refractivity contribution in [3.05, 3.63) is 12.4 Å². The zero-order chi connectivity index (χ0) is 15.5. The van der Waals surface area contributed by atoms with E-state index in [0.717, 1.165) is 26.1 Å². The van der Waals surface area contributed by atoms with Crippen molar-refractivity contribution in [2.75, 3.05) is 38.5 Å². The highest BCUT2D eigenvalue weighted by Crippen LogP contribution is 2.20. The number of hydrogen-bond donors (Lipinski definition) is 1. The largest absolute Gasteiger partial charge is 0.354 e. The van der Waals surface area contributed by atoms with Crippen molar-refractivity contribution in [2.45, 2.75) is 31.2 Å². The third-order valence-corrected chi connectivity index (χ3v) is 5.50. The molecule has 7 nitrogen and oxygen atoms in total. The number of aromatic nitrogens is 2. The van der Waals surface area contributed by atoms with Crippen LogP contribution in [0.2, 0.25) is 0 Å². The number of sulfonamides is 1. The molecule has 0 saturated carbocycles. The van der Waals surface area contributed by atoms with Crippen LogP contribution in [0.25, 0.3) is 0 Å². The maximum atomic E-state index is 12.6. The lowest BCUT2D eigenvalue weighted by Crippen LogP contribution is -2.52. The first-order chi connectivity index (χ1) is 9.95. The van der Waals surface area contributed by atoms with E-state index in [1.54, 1.807) is 0 Å². The van der Waals surface area contributed by atoms with Gasteiger partial charge in [-0.25, -0.2) is 18.4 Å². The molecule has 1 aliphatic rings. The summed E-state index contributed by atoms with van der Waals surface area (Å²) in [5.74, 6) is 0.460. The summed E-state index contributed by atoms with van der Waals surface area (Å²) in [5.41, 5.74) is 0. The Kier molecular flexibility index (Phi) is 5.13. The van der Waals surface area contributed by atoms with Crippen molar-refractivity contribution in [1.29, 1.82) is 0 Å². The second kappa shape index (κ2) is 6.67. The van der Waals surface area contributed by atoms with Gasteiger partial charge >= 0.3 is 0 Å². The van der Waals surface area contributed by atoms with Gasteiger partial charge in [0.2, 0.25) is 16.0 Å². The maximum Gasteiger partial charge on any atom is 0.246 e. The van der Waals surface area contributed by atoms with Gasteiger partial charge in [-0.2, -0.15) is 4.31 Å². The number of anilines is 1. The highest BCUT2D eigenvalue weighted by Gasteiger charge is 2.33. The molecular weight excluding hydrogens is 290 g/mol. The summed E-state index contributed by atoms with van der Waals surface area (Å²) in [6, 6.07) is -0.0494. The van der Waals surface area contributed by atoms with Gasteiger partial charge in [0.15, 0.2) is 0 Å². The molecule has 2 heterocycles. The van der Waals surface area contributed by atoms with Crippen LogP contribution in [0, 0.1) is 0 Å². The van der Waals surface area contributed by atoms with Crippen molar-refractivity contribution in [2.24, 2.45) is 0 Å². The molecule has 1 N–H and O–H groups in total. The topological polar surface area (TPSA) is 78.4 Å². The molecule has 0 aliphatic carbocycles. The Morgan fingerprint density at radius 1 is 1.33 bits per heavy atom. The summed E-state index contributed by atoms with van der Waals surface area (Å²) >= 11 is 0. The first kappa shape index (κ1) is 16.1. The van der Waals surface area contributed by atoms with Gasteiger partial charge in [-0.05, 0) is 20.4 Å². The Labute approximate surface area is 126 Å². The smallest absolute Gasteiger partial charge is 0.246 e. The van der Waals surface area contributed by atoms with E-state index in [1.807, 2.05) is 20.9 Å². The third kappa shape index (κ3) is 3.69. The summed E-state index contributed by atoms with van der Waals surface area (Å²) in [7, 11) is -1.52.